The Bertz CT molecular complexity index is 625. The smallest absolute Gasteiger partial charge is 0.316 e. The molecule has 1 aromatic rings. The van der Waals surface area contributed by atoms with E-state index in [-0.39, 0.29) is 6.54 Å². The lowest BCUT2D eigenvalue weighted by atomic mass is 10.1. The van der Waals surface area contributed by atoms with Gasteiger partial charge in [-0.1, -0.05) is 0 Å². The summed E-state index contributed by atoms with van der Waals surface area (Å²) < 4.78 is 76.9. The molecule has 1 fully saturated rings. The molecule has 1 aliphatic heterocycles. The van der Waals surface area contributed by atoms with Gasteiger partial charge in [0.1, 0.15) is 5.82 Å². The SMILES string of the molecule is O=S(=O)(NCCC1CCNC1)c1ccc(C(F)(F)F)c(F)c1. The van der Waals surface area contributed by atoms with Gasteiger partial charge in [-0.25, -0.2) is 17.5 Å². The molecule has 0 amide bonds. The standard InChI is InChI=1S/C13H16F4N2O2S/c14-12-7-10(1-2-11(12)13(15,16)17)22(20,21)19-6-4-9-3-5-18-8-9/h1-2,7,9,18-19H,3-6,8H2. The van der Waals surface area contributed by atoms with Crippen LogP contribution in [0.2, 0.25) is 0 Å². The quantitative estimate of drug-likeness (QED) is 0.808. The van der Waals surface area contributed by atoms with E-state index in [1.807, 2.05) is 0 Å². The molecule has 0 aliphatic carbocycles. The fourth-order valence-electron chi connectivity index (χ4n) is 2.33. The molecule has 1 aliphatic rings. The number of nitrogens with one attached hydrogen (secondary N) is 2. The van der Waals surface area contributed by atoms with E-state index >= 15 is 0 Å². The van der Waals surface area contributed by atoms with Gasteiger partial charge < -0.3 is 5.32 Å². The van der Waals surface area contributed by atoms with E-state index < -0.39 is 32.5 Å². The van der Waals surface area contributed by atoms with Crippen molar-refractivity contribution in [2.75, 3.05) is 19.6 Å². The summed E-state index contributed by atoms with van der Waals surface area (Å²) in [5.41, 5.74) is -1.48. The first-order valence-corrected chi connectivity index (χ1v) is 8.25. The molecular formula is C13H16F4N2O2S. The van der Waals surface area contributed by atoms with Crippen LogP contribution in [0.3, 0.4) is 0 Å². The lowest BCUT2D eigenvalue weighted by molar-refractivity contribution is -0.140. The summed E-state index contributed by atoms with van der Waals surface area (Å²) in [6.45, 7) is 1.87. The minimum absolute atomic E-state index is 0.164. The Morgan fingerprint density at radius 3 is 2.59 bits per heavy atom. The van der Waals surface area contributed by atoms with Crippen molar-refractivity contribution in [3.63, 3.8) is 0 Å². The first-order valence-electron chi connectivity index (χ1n) is 6.77. The summed E-state index contributed by atoms with van der Waals surface area (Å²) in [6, 6.07) is 1.58. The van der Waals surface area contributed by atoms with Gasteiger partial charge in [-0.15, -0.1) is 0 Å². The molecule has 4 nitrogen and oxygen atoms in total. The Morgan fingerprint density at radius 1 is 1.32 bits per heavy atom. The fraction of sp³-hybridized carbons (Fsp3) is 0.538. The average Bonchev–Trinajstić information content (AvgIpc) is 2.90. The maximum Gasteiger partial charge on any atom is 0.419 e. The van der Waals surface area contributed by atoms with Gasteiger partial charge in [0.05, 0.1) is 10.5 Å². The topological polar surface area (TPSA) is 58.2 Å². The highest BCUT2D eigenvalue weighted by Crippen LogP contribution is 2.32. The van der Waals surface area contributed by atoms with Gasteiger partial charge in [0.15, 0.2) is 0 Å². The summed E-state index contributed by atoms with van der Waals surface area (Å²) in [6.07, 6.45) is -3.28. The molecule has 0 saturated carbocycles. The van der Waals surface area contributed by atoms with Gasteiger partial charge in [-0.2, -0.15) is 13.2 Å². The Labute approximate surface area is 126 Å². The van der Waals surface area contributed by atoms with Gasteiger partial charge in [0.25, 0.3) is 0 Å². The average molecular weight is 340 g/mol. The van der Waals surface area contributed by atoms with Crippen molar-refractivity contribution in [3.05, 3.63) is 29.6 Å². The van der Waals surface area contributed by atoms with Gasteiger partial charge in [0, 0.05) is 6.54 Å². The highest BCUT2D eigenvalue weighted by atomic mass is 32.2. The lowest BCUT2D eigenvalue weighted by Gasteiger charge is -2.12. The molecule has 2 rings (SSSR count). The first-order chi connectivity index (χ1) is 10.2. The molecule has 124 valence electrons. The van der Waals surface area contributed by atoms with Gasteiger partial charge in [-0.3, -0.25) is 0 Å². The number of hydrogen-bond acceptors (Lipinski definition) is 3. The van der Waals surface area contributed by atoms with Crippen LogP contribution in [0.1, 0.15) is 18.4 Å². The second kappa shape index (κ2) is 6.51. The summed E-state index contributed by atoms with van der Waals surface area (Å²) in [7, 11) is -4.01. The summed E-state index contributed by atoms with van der Waals surface area (Å²) in [5, 5.41) is 3.15. The van der Waals surface area contributed by atoms with Crippen molar-refractivity contribution in [3.8, 4) is 0 Å². The summed E-state index contributed by atoms with van der Waals surface area (Å²) in [5.74, 6) is -1.23. The van der Waals surface area contributed by atoms with E-state index in [0.29, 0.717) is 24.5 Å². The van der Waals surface area contributed by atoms with Crippen molar-refractivity contribution >= 4 is 10.0 Å². The predicted molar refractivity (Wildman–Crippen MR) is 72.2 cm³/mol. The molecular weight excluding hydrogens is 324 g/mol. The third-order valence-corrected chi connectivity index (χ3v) is 5.02. The van der Waals surface area contributed by atoms with Gasteiger partial charge in [0.2, 0.25) is 10.0 Å². The molecule has 0 bridgehead atoms. The Hall–Kier alpha value is -1.19. The van der Waals surface area contributed by atoms with Crippen molar-refractivity contribution in [1.82, 2.24) is 10.0 Å². The summed E-state index contributed by atoms with van der Waals surface area (Å²) >= 11 is 0. The van der Waals surface area contributed by atoms with Crippen LogP contribution in [0, 0.1) is 11.7 Å². The van der Waals surface area contributed by atoms with E-state index in [0.717, 1.165) is 25.6 Å². The first kappa shape index (κ1) is 17.2. The third kappa shape index (κ3) is 4.17. The predicted octanol–water partition coefficient (Wildman–Crippen LogP) is 2.12. The molecule has 1 unspecified atom stereocenters. The maximum absolute atomic E-state index is 13.4. The van der Waals surface area contributed by atoms with E-state index in [1.54, 1.807) is 0 Å². The van der Waals surface area contributed by atoms with E-state index in [1.165, 1.54) is 0 Å². The fourth-order valence-corrected chi connectivity index (χ4v) is 3.39. The molecule has 1 atom stereocenters. The number of hydrogen-bond donors (Lipinski definition) is 2. The molecule has 22 heavy (non-hydrogen) atoms. The Kier molecular flexibility index (Phi) is 5.08. The molecule has 1 heterocycles. The zero-order valence-electron chi connectivity index (χ0n) is 11.6. The molecule has 1 aromatic carbocycles. The minimum Gasteiger partial charge on any atom is -0.316 e. The highest BCUT2D eigenvalue weighted by molar-refractivity contribution is 7.89. The lowest BCUT2D eigenvalue weighted by Crippen LogP contribution is -2.27. The van der Waals surface area contributed by atoms with Crippen LogP contribution < -0.4 is 10.0 Å². The molecule has 0 radical (unpaired) electrons. The van der Waals surface area contributed by atoms with Crippen LogP contribution in [-0.2, 0) is 16.2 Å². The van der Waals surface area contributed by atoms with Crippen molar-refractivity contribution in [1.29, 1.82) is 0 Å². The van der Waals surface area contributed by atoms with Crippen molar-refractivity contribution in [2.45, 2.75) is 23.9 Å². The number of sulfonamides is 1. The molecule has 0 aromatic heterocycles. The van der Waals surface area contributed by atoms with Crippen molar-refractivity contribution < 1.29 is 26.0 Å². The second-order valence-electron chi connectivity index (χ2n) is 5.18. The number of alkyl halides is 3. The molecule has 9 heteroatoms. The van der Waals surface area contributed by atoms with Crippen LogP contribution in [-0.4, -0.2) is 28.1 Å². The maximum atomic E-state index is 13.4. The van der Waals surface area contributed by atoms with E-state index in [2.05, 4.69) is 10.0 Å². The van der Waals surface area contributed by atoms with Gasteiger partial charge in [-0.05, 0) is 50.0 Å². The van der Waals surface area contributed by atoms with Crippen LogP contribution in [0.25, 0.3) is 0 Å². The number of halogens is 4. The third-order valence-electron chi connectivity index (χ3n) is 3.56. The Balaban J connectivity index is 2.04. The highest BCUT2D eigenvalue weighted by Gasteiger charge is 2.34. The van der Waals surface area contributed by atoms with Crippen LogP contribution >= 0.6 is 0 Å². The van der Waals surface area contributed by atoms with Gasteiger partial charge >= 0.3 is 6.18 Å². The largest absolute Gasteiger partial charge is 0.419 e. The number of rotatable bonds is 5. The zero-order chi connectivity index (χ0) is 16.4. The summed E-state index contributed by atoms with van der Waals surface area (Å²) in [4.78, 5) is -0.512. The molecule has 1 saturated heterocycles. The van der Waals surface area contributed by atoms with Crippen LogP contribution in [0.4, 0.5) is 17.6 Å². The monoisotopic (exact) mass is 340 g/mol. The van der Waals surface area contributed by atoms with E-state index in [4.69, 9.17) is 0 Å². The normalized spacial score (nSPS) is 19.5. The van der Waals surface area contributed by atoms with Crippen molar-refractivity contribution in [2.24, 2.45) is 5.92 Å². The second-order valence-corrected chi connectivity index (χ2v) is 6.95. The number of benzene rings is 1. The molecule has 0 spiro atoms. The Morgan fingerprint density at radius 2 is 2.05 bits per heavy atom. The zero-order valence-corrected chi connectivity index (χ0v) is 12.4. The van der Waals surface area contributed by atoms with Crippen LogP contribution in [0.15, 0.2) is 23.1 Å². The molecule has 2 N–H and O–H groups in total. The minimum atomic E-state index is -4.85. The van der Waals surface area contributed by atoms with E-state index in [9.17, 15) is 26.0 Å². The van der Waals surface area contributed by atoms with Crippen LogP contribution in [0.5, 0.6) is 0 Å².